The fourth-order valence-electron chi connectivity index (χ4n) is 1.90. The Bertz CT molecular complexity index is 312. The van der Waals surface area contributed by atoms with Gasteiger partial charge in [0.25, 0.3) is 0 Å². The smallest absolute Gasteiger partial charge is 0.123 e. The average Bonchev–Trinajstić information content (AvgIpc) is 2.25. The Labute approximate surface area is 95.0 Å². The van der Waals surface area contributed by atoms with Gasteiger partial charge in [-0.1, -0.05) is 12.1 Å². The molecule has 3 heteroatoms. The van der Waals surface area contributed by atoms with Crippen LogP contribution in [-0.4, -0.2) is 18.5 Å². The minimum atomic E-state index is -0.180. The standard InChI is InChI=1S/C12H15FOS/c13-11-3-1-9(2-4-11)7-10-8-14-6-5-12(10)15/h1-4,10,12,15H,5-8H2/t10-,12-/m0/s1. The number of hydrogen-bond acceptors (Lipinski definition) is 2. The molecule has 0 bridgehead atoms. The topological polar surface area (TPSA) is 9.23 Å². The lowest BCUT2D eigenvalue weighted by Crippen LogP contribution is -2.29. The van der Waals surface area contributed by atoms with Crippen LogP contribution in [0, 0.1) is 11.7 Å². The zero-order valence-electron chi connectivity index (χ0n) is 8.53. The first kappa shape index (κ1) is 11.0. The van der Waals surface area contributed by atoms with E-state index in [1.54, 1.807) is 0 Å². The van der Waals surface area contributed by atoms with Crippen LogP contribution in [0.4, 0.5) is 4.39 Å². The van der Waals surface area contributed by atoms with Crippen LogP contribution >= 0.6 is 12.6 Å². The second kappa shape index (κ2) is 4.99. The molecule has 1 aromatic rings. The Morgan fingerprint density at radius 2 is 2.07 bits per heavy atom. The number of rotatable bonds is 2. The zero-order valence-corrected chi connectivity index (χ0v) is 9.42. The van der Waals surface area contributed by atoms with E-state index in [0.29, 0.717) is 11.2 Å². The largest absolute Gasteiger partial charge is 0.381 e. The summed E-state index contributed by atoms with van der Waals surface area (Å²) in [5.74, 6) is 0.272. The van der Waals surface area contributed by atoms with Crippen molar-refractivity contribution in [1.82, 2.24) is 0 Å². The Kier molecular flexibility index (Phi) is 3.65. The third-order valence-corrected chi connectivity index (χ3v) is 3.53. The highest BCUT2D eigenvalue weighted by Gasteiger charge is 2.22. The van der Waals surface area contributed by atoms with Crippen LogP contribution in [0.1, 0.15) is 12.0 Å². The number of ether oxygens (including phenoxy) is 1. The summed E-state index contributed by atoms with van der Waals surface area (Å²) >= 11 is 4.55. The first-order valence-corrected chi connectivity index (χ1v) is 5.77. The van der Waals surface area contributed by atoms with Crippen molar-refractivity contribution in [1.29, 1.82) is 0 Å². The van der Waals surface area contributed by atoms with Crippen molar-refractivity contribution in [2.24, 2.45) is 5.92 Å². The van der Waals surface area contributed by atoms with Crippen LogP contribution in [-0.2, 0) is 11.2 Å². The summed E-state index contributed by atoms with van der Waals surface area (Å²) in [5, 5.41) is 0.406. The molecule has 0 aromatic heterocycles. The molecule has 1 aliphatic heterocycles. The summed E-state index contributed by atoms with van der Waals surface area (Å²) in [5.41, 5.74) is 1.16. The van der Waals surface area contributed by atoms with Crippen molar-refractivity contribution in [2.45, 2.75) is 18.1 Å². The molecule has 0 N–H and O–H groups in total. The van der Waals surface area contributed by atoms with Gasteiger partial charge in [-0.2, -0.15) is 12.6 Å². The lowest BCUT2D eigenvalue weighted by Gasteiger charge is -2.28. The first-order valence-electron chi connectivity index (χ1n) is 5.26. The van der Waals surface area contributed by atoms with Crippen LogP contribution in [0.5, 0.6) is 0 Å². The zero-order chi connectivity index (χ0) is 10.7. The van der Waals surface area contributed by atoms with Crippen LogP contribution in [0.15, 0.2) is 24.3 Å². The normalized spacial score (nSPS) is 26.5. The molecule has 82 valence electrons. The van der Waals surface area contributed by atoms with E-state index in [9.17, 15) is 4.39 Å². The molecule has 0 saturated carbocycles. The van der Waals surface area contributed by atoms with Crippen molar-refractivity contribution < 1.29 is 9.13 Å². The Morgan fingerprint density at radius 3 is 2.73 bits per heavy atom. The van der Waals surface area contributed by atoms with Crippen molar-refractivity contribution in [3.05, 3.63) is 35.6 Å². The molecule has 1 aromatic carbocycles. The highest BCUT2D eigenvalue weighted by molar-refractivity contribution is 7.81. The minimum absolute atomic E-state index is 0.180. The molecule has 0 radical (unpaired) electrons. The number of benzene rings is 1. The highest BCUT2D eigenvalue weighted by Crippen LogP contribution is 2.23. The summed E-state index contributed by atoms with van der Waals surface area (Å²) in [6.07, 6.45) is 1.93. The van der Waals surface area contributed by atoms with E-state index >= 15 is 0 Å². The van der Waals surface area contributed by atoms with E-state index in [1.165, 1.54) is 12.1 Å². The van der Waals surface area contributed by atoms with Crippen LogP contribution in [0.3, 0.4) is 0 Å². The van der Waals surface area contributed by atoms with Gasteiger partial charge in [0, 0.05) is 11.9 Å². The van der Waals surface area contributed by atoms with Gasteiger partial charge in [-0.3, -0.25) is 0 Å². The van der Waals surface area contributed by atoms with Gasteiger partial charge in [0.2, 0.25) is 0 Å². The molecule has 2 rings (SSSR count). The molecule has 2 atom stereocenters. The van der Waals surface area contributed by atoms with E-state index in [2.05, 4.69) is 12.6 Å². The van der Waals surface area contributed by atoms with Crippen molar-refractivity contribution in [3.8, 4) is 0 Å². The molecular weight excluding hydrogens is 211 g/mol. The van der Waals surface area contributed by atoms with Crippen molar-refractivity contribution >= 4 is 12.6 Å². The van der Waals surface area contributed by atoms with Gasteiger partial charge >= 0.3 is 0 Å². The summed E-state index contributed by atoms with van der Waals surface area (Å²) < 4.78 is 18.1. The van der Waals surface area contributed by atoms with Gasteiger partial charge in [-0.25, -0.2) is 4.39 Å². The SMILES string of the molecule is Fc1ccc(C[C@H]2COCC[C@@H]2S)cc1. The third kappa shape index (κ3) is 2.95. The van der Waals surface area contributed by atoms with Gasteiger partial charge in [0.05, 0.1) is 6.61 Å². The molecule has 0 spiro atoms. The molecule has 1 nitrogen and oxygen atoms in total. The average molecular weight is 226 g/mol. The monoisotopic (exact) mass is 226 g/mol. The van der Waals surface area contributed by atoms with Gasteiger partial charge in [-0.15, -0.1) is 0 Å². The van der Waals surface area contributed by atoms with E-state index in [0.717, 1.165) is 31.6 Å². The first-order chi connectivity index (χ1) is 7.25. The van der Waals surface area contributed by atoms with Gasteiger partial charge < -0.3 is 4.74 Å². The van der Waals surface area contributed by atoms with Gasteiger partial charge in [0.1, 0.15) is 5.82 Å². The lowest BCUT2D eigenvalue weighted by molar-refractivity contribution is 0.0596. The third-order valence-electron chi connectivity index (χ3n) is 2.85. The Hall–Kier alpha value is -0.540. The van der Waals surface area contributed by atoms with Gasteiger partial charge in [-0.05, 0) is 36.5 Å². The maximum atomic E-state index is 12.7. The quantitative estimate of drug-likeness (QED) is 0.763. The molecule has 0 aliphatic carbocycles. The van der Waals surface area contributed by atoms with E-state index < -0.39 is 0 Å². The summed E-state index contributed by atoms with van der Waals surface area (Å²) in [7, 11) is 0. The maximum absolute atomic E-state index is 12.7. The number of hydrogen-bond donors (Lipinski definition) is 1. The second-order valence-electron chi connectivity index (χ2n) is 4.02. The predicted octanol–water partition coefficient (Wildman–Crippen LogP) is 2.70. The Balaban J connectivity index is 1.98. The molecule has 15 heavy (non-hydrogen) atoms. The van der Waals surface area contributed by atoms with E-state index in [1.807, 2.05) is 12.1 Å². The molecule has 1 saturated heterocycles. The molecule has 0 unspecified atom stereocenters. The summed E-state index contributed by atoms with van der Waals surface area (Å²) in [6.45, 7) is 1.58. The van der Waals surface area contributed by atoms with Gasteiger partial charge in [0.15, 0.2) is 0 Å². The van der Waals surface area contributed by atoms with Crippen molar-refractivity contribution in [3.63, 3.8) is 0 Å². The molecule has 1 fully saturated rings. The minimum Gasteiger partial charge on any atom is -0.381 e. The molecular formula is C12H15FOS. The summed E-state index contributed by atoms with van der Waals surface area (Å²) in [6, 6.07) is 6.69. The van der Waals surface area contributed by atoms with Crippen LogP contribution < -0.4 is 0 Å². The van der Waals surface area contributed by atoms with Crippen LogP contribution in [0.25, 0.3) is 0 Å². The van der Waals surface area contributed by atoms with E-state index in [-0.39, 0.29) is 5.82 Å². The molecule has 1 aliphatic rings. The predicted molar refractivity (Wildman–Crippen MR) is 61.8 cm³/mol. The number of thiol groups is 1. The fraction of sp³-hybridized carbons (Fsp3) is 0.500. The number of halogens is 1. The van der Waals surface area contributed by atoms with Crippen LogP contribution in [0.2, 0.25) is 0 Å². The summed E-state index contributed by atoms with van der Waals surface area (Å²) in [4.78, 5) is 0. The van der Waals surface area contributed by atoms with E-state index in [4.69, 9.17) is 4.74 Å². The fourth-order valence-corrected chi connectivity index (χ4v) is 2.20. The molecule has 0 amide bonds. The Morgan fingerprint density at radius 1 is 1.33 bits per heavy atom. The lowest BCUT2D eigenvalue weighted by atomic mass is 9.94. The maximum Gasteiger partial charge on any atom is 0.123 e. The molecule has 1 heterocycles. The highest BCUT2D eigenvalue weighted by atomic mass is 32.1. The second-order valence-corrected chi connectivity index (χ2v) is 4.68. The van der Waals surface area contributed by atoms with Crippen molar-refractivity contribution in [2.75, 3.05) is 13.2 Å².